The minimum atomic E-state index is -0.403. The van der Waals surface area contributed by atoms with Crippen LogP contribution in [0.2, 0.25) is 0 Å². The third-order valence-corrected chi connectivity index (χ3v) is 5.72. The second-order valence-corrected chi connectivity index (χ2v) is 8.38. The normalized spacial score (nSPS) is 10.7. The summed E-state index contributed by atoms with van der Waals surface area (Å²) in [5.74, 6) is -0.650. The first-order valence-corrected chi connectivity index (χ1v) is 11.5. The van der Waals surface area contributed by atoms with Crippen molar-refractivity contribution in [3.63, 3.8) is 0 Å². The van der Waals surface area contributed by atoms with Crippen LogP contribution in [0.5, 0.6) is 0 Å². The molecule has 0 bridgehead atoms. The van der Waals surface area contributed by atoms with Crippen LogP contribution in [0.15, 0.2) is 85.5 Å². The van der Waals surface area contributed by atoms with Gasteiger partial charge in [-0.2, -0.15) is 5.10 Å². The van der Waals surface area contributed by atoms with Crippen LogP contribution in [0.4, 0.5) is 11.5 Å². The van der Waals surface area contributed by atoms with Gasteiger partial charge in [-0.25, -0.2) is 4.98 Å². The number of nitrogens with one attached hydrogen (secondary N) is 4. The van der Waals surface area contributed by atoms with Crippen LogP contribution in [0.3, 0.4) is 0 Å². The average molecular weight is 494 g/mol. The highest BCUT2D eigenvalue weighted by Crippen LogP contribution is 2.26. The Morgan fingerprint density at radius 1 is 0.919 bits per heavy atom. The number of imidazole rings is 1. The lowest BCUT2D eigenvalue weighted by Gasteiger charge is -2.08. The number of nitrogens with zero attached hydrogens (tertiary/aromatic N) is 3. The molecule has 37 heavy (non-hydrogen) atoms. The SMILES string of the molecule is Cc1ccc(C(=O)NCC(=O)Nc2ccc3c(C(=O)Nc4[nH]ncc4-c4ccccc4)ncn3c2)cc1. The molecule has 10 nitrogen and oxygen atoms in total. The van der Waals surface area contributed by atoms with Gasteiger partial charge < -0.3 is 20.4 Å². The summed E-state index contributed by atoms with van der Waals surface area (Å²) in [4.78, 5) is 41.8. The topological polar surface area (TPSA) is 133 Å². The van der Waals surface area contributed by atoms with Crippen LogP contribution in [0, 0.1) is 6.92 Å². The Morgan fingerprint density at radius 2 is 1.70 bits per heavy atom. The molecule has 5 aromatic rings. The van der Waals surface area contributed by atoms with Crippen LogP contribution in [0.1, 0.15) is 26.4 Å². The molecule has 3 aromatic heterocycles. The standard InChI is InChI=1S/C27H23N7O3/c1-17-7-9-19(10-8-17)26(36)28-14-23(35)31-20-11-12-22-24(29-16-34(22)15-20)27(37)32-25-21(13-30-33-25)18-5-3-2-4-6-18/h2-13,15-16H,14H2,1H3,(H,28,36)(H,31,35)(H2,30,32,33,37). The minimum absolute atomic E-state index is 0.184. The maximum atomic E-state index is 13.0. The number of aryl methyl sites for hydroxylation is 1. The summed E-state index contributed by atoms with van der Waals surface area (Å²) in [5, 5.41) is 15.0. The minimum Gasteiger partial charge on any atom is -0.343 e. The van der Waals surface area contributed by atoms with Gasteiger partial charge in [0.1, 0.15) is 12.1 Å². The molecule has 0 aliphatic heterocycles. The quantitative estimate of drug-likeness (QED) is 0.275. The van der Waals surface area contributed by atoms with E-state index in [-0.39, 0.29) is 24.1 Å². The van der Waals surface area contributed by atoms with E-state index in [2.05, 4.69) is 31.1 Å². The average Bonchev–Trinajstić information content (AvgIpc) is 3.55. The van der Waals surface area contributed by atoms with Crippen molar-refractivity contribution in [2.24, 2.45) is 0 Å². The van der Waals surface area contributed by atoms with Gasteiger partial charge in [0.15, 0.2) is 5.69 Å². The predicted molar refractivity (Wildman–Crippen MR) is 139 cm³/mol. The van der Waals surface area contributed by atoms with Crippen LogP contribution in [-0.2, 0) is 4.79 Å². The molecular weight excluding hydrogens is 470 g/mol. The van der Waals surface area contributed by atoms with Crippen molar-refractivity contribution in [2.45, 2.75) is 6.92 Å². The number of hydrogen-bond donors (Lipinski definition) is 4. The molecule has 3 heterocycles. The fourth-order valence-electron chi connectivity index (χ4n) is 3.81. The van der Waals surface area contributed by atoms with Crippen molar-refractivity contribution < 1.29 is 14.4 Å². The van der Waals surface area contributed by atoms with Gasteiger partial charge in [-0.15, -0.1) is 0 Å². The molecule has 0 radical (unpaired) electrons. The highest BCUT2D eigenvalue weighted by Gasteiger charge is 2.17. The Balaban J connectivity index is 1.23. The fraction of sp³-hybridized carbons (Fsp3) is 0.0741. The first kappa shape index (κ1) is 23.5. The largest absolute Gasteiger partial charge is 0.343 e. The summed E-state index contributed by atoms with van der Waals surface area (Å²) in [5.41, 5.74) is 4.47. The molecule has 0 aliphatic rings. The van der Waals surface area contributed by atoms with Gasteiger partial charge in [0.25, 0.3) is 11.8 Å². The highest BCUT2D eigenvalue weighted by molar-refractivity contribution is 6.08. The number of carbonyl (C=O) groups excluding carboxylic acids is 3. The number of fused-ring (bicyclic) bond motifs is 1. The Bertz CT molecular complexity index is 1590. The molecular formula is C27H23N7O3. The summed E-state index contributed by atoms with van der Waals surface area (Å²) in [6.07, 6.45) is 4.78. The molecule has 184 valence electrons. The first-order chi connectivity index (χ1) is 18.0. The molecule has 0 aliphatic carbocycles. The molecule has 2 aromatic carbocycles. The van der Waals surface area contributed by atoms with Gasteiger partial charge in [-0.1, -0.05) is 48.0 Å². The molecule has 0 fully saturated rings. The number of amides is 3. The van der Waals surface area contributed by atoms with Crippen molar-refractivity contribution in [3.8, 4) is 11.1 Å². The number of H-pyrrole nitrogens is 1. The molecule has 0 unspecified atom stereocenters. The number of aromatic nitrogens is 4. The first-order valence-electron chi connectivity index (χ1n) is 11.5. The molecule has 0 atom stereocenters. The third-order valence-electron chi connectivity index (χ3n) is 5.72. The molecule has 0 saturated heterocycles. The van der Waals surface area contributed by atoms with E-state index in [9.17, 15) is 14.4 Å². The van der Waals surface area contributed by atoms with E-state index < -0.39 is 5.91 Å². The van der Waals surface area contributed by atoms with E-state index in [1.165, 1.54) is 6.33 Å². The number of anilines is 2. The molecule has 4 N–H and O–H groups in total. The summed E-state index contributed by atoms with van der Waals surface area (Å²) in [7, 11) is 0. The maximum Gasteiger partial charge on any atom is 0.277 e. The van der Waals surface area contributed by atoms with E-state index in [0.717, 1.165) is 16.7 Å². The Hall–Kier alpha value is -5.25. The van der Waals surface area contributed by atoms with E-state index in [1.54, 1.807) is 41.1 Å². The molecule has 5 rings (SSSR count). The van der Waals surface area contributed by atoms with Gasteiger partial charge >= 0.3 is 0 Å². The van der Waals surface area contributed by atoms with Crippen LogP contribution < -0.4 is 16.0 Å². The van der Waals surface area contributed by atoms with Gasteiger partial charge in [-0.05, 0) is 36.8 Å². The molecule has 0 spiro atoms. The van der Waals surface area contributed by atoms with E-state index >= 15 is 0 Å². The van der Waals surface area contributed by atoms with Crippen LogP contribution in [-0.4, -0.2) is 43.8 Å². The lowest BCUT2D eigenvalue weighted by atomic mass is 10.1. The van der Waals surface area contributed by atoms with E-state index in [0.29, 0.717) is 22.6 Å². The second-order valence-electron chi connectivity index (χ2n) is 8.38. The fourth-order valence-corrected chi connectivity index (χ4v) is 3.81. The van der Waals surface area contributed by atoms with Gasteiger partial charge in [0.2, 0.25) is 5.91 Å². The molecule has 10 heteroatoms. The van der Waals surface area contributed by atoms with Crippen molar-refractivity contribution >= 4 is 34.7 Å². The smallest absolute Gasteiger partial charge is 0.277 e. The summed E-state index contributed by atoms with van der Waals surface area (Å²) in [6, 6.07) is 20.0. The van der Waals surface area contributed by atoms with Crippen molar-refractivity contribution in [2.75, 3.05) is 17.2 Å². The maximum absolute atomic E-state index is 13.0. The zero-order chi connectivity index (χ0) is 25.8. The van der Waals surface area contributed by atoms with Gasteiger partial charge in [0, 0.05) is 17.3 Å². The zero-order valence-electron chi connectivity index (χ0n) is 19.9. The van der Waals surface area contributed by atoms with Crippen molar-refractivity contribution in [1.29, 1.82) is 0 Å². The van der Waals surface area contributed by atoms with E-state index in [4.69, 9.17) is 0 Å². The number of hydrogen-bond acceptors (Lipinski definition) is 5. The number of rotatable bonds is 7. The Morgan fingerprint density at radius 3 is 2.49 bits per heavy atom. The van der Waals surface area contributed by atoms with Crippen LogP contribution >= 0.6 is 0 Å². The lowest BCUT2D eigenvalue weighted by molar-refractivity contribution is -0.115. The van der Waals surface area contributed by atoms with E-state index in [1.807, 2.05) is 49.4 Å². The molecule has 0 saturated carbocycles. The summed E-state index contributed by atoms with van der Waals surface area (Å²) < 4.78 is 1.64. The number of pyridine rings is 1. The zero-order valence-corrected chi connectivity index (χ0v) is 19.9. The van der Waals surface area contributed by atoms with Crippen LogP contribution in [0.25, 0.3) is 16.6 Å². The number of benzene rings is 2. The highest BCUT2D eigenvalue weighted by atomic mass is 16.2. The second kappa shape index (κ2) is 10.2. The van der Waals surface area contributed by atoms with Crippen molar-refractivity contribution in [1.82, 2.24) is 24.9 Å². The van der Waals surface area contributed by atoms with Gasteiger partial charge in [-0.3, -0.25) is 19.5 Å². The summed E-state index contributed by atoms with van der Waals surface area (Å²) in [6.45, 7) is 1.75. The Kier molecular flexibility index (Phi) is 6.45. The monoisotopic (exact) mass is 493 g/mol. The number of carbonyl (C=O) groups is 3. The predicted octanol–water partition coefficient (Wildman–Crippen LogP) is 3.65. The Labute approximate surface area is 211 Å². The number of aromatic amines is 1. The lowest BCUT2D eigenvalue weighted by Crippen LogP contribution is -2.32. The summed E-state index contributed by atoms with van der Waals surface area (Å²) >= 11 is 0. The van der Waals surface area contributed by atoms with Gasteiger partial charge in [0.05, 0.1) is 23.9 Å². The molecule has 3 amide bonds. The third kappa shape index (κ3) is 5.22. The van der Waals surface area contributed by atoms with Crippen molar-refractivity contribution in [3.05, 3.63) is 102 Å².